The van der Waals surface area contributed by atoms with E-state index >= 15 is 0 Å². The molecule has 102 valence electrons. The average Bonchev–Trinajstić information content (AvgIpc) is 2.53. The van der Waals surface area contributed by atoms with E-state index in [0.29, 0.717) is 11.3 Å². The van der Waals surface area contributed by atoms with Crippen molar-refractivity contribution >= 4 is 11.5 Å². The van der Waals surface area contributed by atoms with Gasteiger partial charge in [0.05, 0.1) is 19.2 Å². The topological polar surface area (TPSA) is 51.2 Å². The molecule has 20 heavy (non-hydrogen) atoms. The molecule has 0 radical (unpaired) electrons. The van der Waals surface area contributed by atoms with Gasteiger partial charge in [-0.15, -0.1) is 0 Å². The Morgan fingerprint density at radius 1 is 1.35 bits per heavy atom. The van der Waals surface area contributed by atoms with Crippen LogP contribution < -0.4 is 10.1 Å². The number of nitrogens with one attached hydrogen (secondary N) is 1. The first kappa shape index (κ1) is 12.7. The van der Waals surface area contributed by atoms with Gasteiger partial charge >= 0.3 is 0 Å². The van der Waals surface area contributed by atoms with Crippen LogP contribution in [0.4, 0.5) is 5.69 Å². The Labute approximate surface area is 117 Å². The molecule has 3 rings (SSSR count). The van der Waals surface area contributed by atoms with E-state index in [4.69, 9.17) is 4.74 Å². The minimum Gasteiger partial charge on any atom is -0.495 e. The molecule has 0 aliphatic carbocycles. The summed E-state index contributed by atoms with van der Waals surface area (Å²) in [6.07, 6.45) is 4.01. The van der Waals surface area contributed by atoms with Crippen molar-refractivity contribution in [2.24, 2.45) is 0 Å². The SMILES string of the molecule is COc1cncc(C(=O)C2CCNc3ccccc32)c1. The molecule has 0 fully saturated rings. The number of aromatic nitrogens is 1. The number of nitrogens with zero attached hydrogens (tertiary/aromatic N) is 1. The first-order chi connectivity index (χ1) is 9.79. The minimum atomic E-state index is -0.110. The van der Waals surface area contributed by atoms with E-state index < -0.39 is 0 Å². The molecule has 4 heteroatoms. The number of hydrogen-bond acceptors (Lipinski definition) is 4. The maximum Gasteiger partial charge on any atom is 0.172 e. The van der Waals surface area contributed by atoms with Crippen molar-refractivity contribution in [2.45, 2.75) is 12.3 Å². The maximum atomic E-state index is 12.7. The summed E-state index contributed by atoms with van der Waals surface area (Å²) in [5.74, 6) is 0.602. The molecular formula is C16H16N2O2. The van der Waals surface area contributed by atoms with Crippen LogP contribution in [0, 0.1) is 0 Å². The third-order valence-electron chi connectivity index (χ3n) is 3.63. The van der Waals surface area contributed by atoms with Gasteiger partial charge in [0.1, 0.15) is 5.75 Å². The second-order valence-electron chi connectivity index (χ2n) is 4.83. The summed E-state index contributed by atoms with van der Waals surface area (Å²) in [5, 5.41) is 3.33. The number of methoxy groups -OCH3 is 1. The average molecular weight is 268 g/mol. The molecule has 4 nitrogen and oxygen atoms in total. The fourth-order valence-corrected chi connectivity index (χ4v) is 2.61. The molecular weight excluding hydrogens is 252 g/mol. The van der Waals surface area contributed by atoms with E-state index in [1.54, 1.807) is 25.6 Å². The van der Waals surface area contributed by atoms with Crippen LogP contribution >= 0.6 is 0 Å². The zero-order valence-corrected chi connectivity index (χ0v) is 11.3. The number of anilines is 1. The summed E-state index contributed by atoms with van der Waals surface area (Å²) in [5.41, 5.74) is 2.71. The van der Waals surface area contributed by atoms with E-state index in [0.717, 1.165) is 24.2 Å². The first-order valence-electron chi connectivity index (χ1n) is 6.65. The summed E-state index contributed by atoms with van der Waals surface area (Å²) in [4.78, 5) is 16.8. The number of para-hydroxylation sites is 1. The monoisotopic (exact) mass is 268 g/mol. The van der Waals surface area contributed by atoms with Crippen molar-refractivity contribution in [3.8, 4) is 5.75 Å². The van der Waals surface area contributed by atoms with Crippen LogP contribution in [0.25, 0.3) is 0 Å². The lowest BCUT2D eigenvalue weighted by atomic mass is 9.85. The number of ketones is 1. The van der Waals surface area contributed by atoms with Gasteiger partial charge in [-0.1, -0.05) is 18.2 Å². The zero-order chi connectivity index (χ0) is 13.9. The lowest BCUT2D eigenvalue weighted by Crippen LogP contribution is -2.23. The highest BCUT2D eigenvalue weighted by Crippen LogP contribution is 2.33. The summed E-state index contributed by atoms with van der Waals surface area (Å²) < 4.78 is 5.13. The van der Waals surface area contributed by atoms with Crippen molar-refractivity contribution in [3.63, 3.8) is 0 Å². The Morgan fingerprint density at radius 3 is 3.05 bits per heavy atom. The quantitative estimate of drug-likeness (QED) is 0.870. The van der Waals surface area contributed by atoms with Gasteiger partial charge in [-0.25, -0.2) is 0 Å². The summed E-state index contributed by atoms with van der Waals surface area (Å²) >= 11 is 0. The molecule has 1 atom stereocenters. The van der Waals surface area contributed by atoms with Crippen molar-refractivity contribution in [2.75, 3.05) is 19.0 Å². The van der Waals surface area contributed by atoms with Crippen molar-refractivity contribution in [1.29, 1.82) is 0 Å². The predicted molar refractivity (Wildman–Crippen MR) is 77.4 cm³/mol. The highest BCUT2D eigenvalue weighted by atomic mass is 16.5. The van der Waals surface area contributed by atoms with Crippen LogP contribution in [0.2, 0.25) is 0 Å². The van der Waals surface area contributed by atoms with Gasteiger partial charge in [-0.05, 0) is 24.1 Å². The number of carbonyl (C=O) groups is 1. The summed E-state index contributed by atoms with van der Waals surface area (Å²) in [7, 11) is 1.57. The highest BCUT2D eigenvalue weighted by molar-refractivity contribution is 6.02. The lowest BCUT2D eigenvalue weighted by molar-refractivity contribution is 0.0954. The number of hydrogen-bond donors (Lipinski definition) is 1. The Hall–Kier alpha value is -2.36. The Balaban J connectivity index is 1.95. The standard InChI is InChI=1S/C16H16N2O2/c1-20-12-8-11(9-17-10-12)16(19)14-6-7-18-15-5-3-2-4-13(14)15/h2-5,8-10,14,18H,6-7H2,1H3. The summed E-state index contributed by atoms with van der Waals surface area (Å²) in [6, 6.07) is 9.72. The molecule has 0 saturated carbocycles. The van der Waals surface area contributed by atoms with Crippen LogP contribution in [0.15, 0.2) is 42.7 Å². The van der Waals surface area contributed by atoms with Gasteiger partial charge in [0.2, 0.25) is 0 Å². The Kier molecular flexibility index (Phi) is 3.37. The van der Waals surface area contributed by atoms with Crippen molar-refractivity contribution < 1.29 is 9.53 Å². The zero-order valence-electron chi connectivity index (χ0n) is 11.3. The lowest BCUT2D eigenvalue weighted by Gasteiger charge is -2.25. The number of pyridine rings is 1. The number of rotatable bonds is 3. The third kappa shape index (κ3) is 2.25. The van der Waals surface area contributed by atoms with Crippen LogP contribution in [-0.4, -0.2) is 24.4 Å². The van der Waals surface area contributed by atoms with Crippen LogP contribution in [-0.2, 0) is 0 Å². The number of fused-ring (bicyclic) bond motifs is 1. The van der Waals surface area contributed by atoms with Gasteiger partial charge in [0, 0.05) is 24.0 Å². The van der Waals surface area contributed by atoms with E-state index in [1.807, 2.05) is 24.3 Å². The van der Waals surface area contributed by atoms with Gasteiger partial charge in [-0.2, -0.15) is 0 Å². The summed E-state index contributed by atoms with van der Waals surface area (Å²) in [6.45, 7) is 0.810. The number of benzene rings is 1. The van der Waals surface area contributed by atoms with Gasteiger partial charge in [-0.3, -0.25) is 9.78 Å². The highest BCUT2D eigenvalue weighted by Gasteiger charge is 2.27. The molecule has 1 unspecified atom stereocenters. The normalized spacial score (nSPS) is 16.9. The molecule has 1 aliphatic heterocycles. The maximum absolute atomic E-state index is 12.7. The number of Topliss-reactive ketones (excluding diaryl/α,β-unsaturated/α-hetero) is 1. The van der Waals surface area contributed by atoms with Crippen molar-refractivity contribution in [1.82, 2.24) is 4.98 Å². The fraction of sp³-hybridized carbons (Fsp3) is 0.250. The van der Waals surface area contributed by atoms with Crippen molar-refractivity contribution in [3.05, 3.63) is 53.9 Å². The smallest absolute Gasteiger partial charge is 0.172 e. The second-order valence-corrected chi connectivity index (χ2v) is 4.83. The molecule has 2 heterocycles. The van der Waals surface area contributed by atoms with Crippen LogP contribution in [0.3, 0.4) is 0 Å². The molecule has 0 saturated heterocycles. The Morgan fingerprint density at radius 2 is 2.20 bits per heavy atom. The molecule has 1 aromatic carbocycles. The molecule has 2 aromatic rings. The van der Waals surface area contributed by atoms with E-state index in [1.165, 1.54) is 0 Å². The molecule has 1 aromatic heterocycles. The van der Waals surface area contributed by atoms with E-state index in [2.05, 4.69) is 10.3 Å². The number of ether oxygens (including phenoxy) is 1. The predicted octanol–water partition coefficient (Wildman–Crippen LogP) is 2.87. The molecule has 0 spiro atoms. The van der Waals surface area contributed by atoms with Gasteiger partial charge < -0.3 is 10.1 Å². The number of carbonyl (C=O) groups excluding carboxylic acids is 1. The minimum absolute atomic E-state index is 0.102. The largest absolute Gasteiger partial charge is 0.495 e. The second kappa shape index (κ2) is 5.33. The molecule has 0 amide bonds. The van der Waals surface area contributed by atoms with E-state index in [-0.39, 0.29) is 11.7 Å². The Bertz CT molecular complexity index is 640. The van der Waals surface area contributed by atoms with Crippen LogP contribution in [0.1, 0.15) is 28.3 Å². The van der Waals surface area contributed by atoms with Gasteiger partial charge in [0.25, 0.3) is 0 Å². The molecule has 1 aliphatic rings. The van der Waals surface area contributed by atoms with Crippen LogP contribution in [0.5, 0.6) is 5.75 Å². The molecule has 0 bridgehead atoms. The fourth-order valence-electron chi connectivity index (χ4n) is 2.61. The first-order valence-corrected chi connectivity index (χ1v) is 6.65. The van der Waals surface area contributed by atoms with E-state index in [9.17, 15) is 4.79 Å². The van der Waals surface area contributed by atoms with Gasteiger partial charge in [0.15, 0.2) is 5.78 Å². The molecule has 1 N–H and O–H groups in total. The third-order valence-corrected chi connectivity index (χ3v) is 3.63.